The van der Waals surface area contributed by atoms with E-state index in [1.165, 1.54) is 12.0 Å². The molecule has 3 aromatic heterocycles. The second-order valence-electron chi connectivity index (χ2n) is 7.04. The molecule has 4 aromatic rings. The van der Waals surface area contributed by atoms with Gasteiger partial charge in [0.25, 0.3) is 0 Å². The van der Waals surface area contributed by atoms with Gasteiger partial charge < -0.3 is 0 Å². The van der Waals surface area contributed by atoms with Crippen LogP contribution in [0.2, 0.25) is 0 Å². The standard InChI is InChI=1S/C22H21N5/c1-2-7-18(8-3-1)19-14-25-27-16-17(13-24-22(19)27)15-26-12-6-10-21(26)20-9-4-5-11-23-20/h1-5,7-9,11,13-14,16,21H,6,10,12,15H2. The predicted molar refractivity (Wildman–Crippen MR) is 105 cm³/mol. The van der Waals surface area contributed by atoms with E-state index >= 15 is 0 Å². The molecular formula is C22H21N5. The van der Waals surface area contributed by atoms with E-state index in [4.69, 9.17) is 4.98 Å². The molecule has 1 unspecified atom stereocenters. The number of rotatable bonds is 4. The van der Waals surface area contributed by atoms with Crippen molar-refractivity contribution >= 4 is 5.65 Å². The topological polar surface area (TPSA) is 46.3 Å². The van der Waals surface area contributed by atoms with Crippen LogP contribution in [0.15, 0.2) is 73.3 Å². The number of benzene rings is 1. The average Bonchev–Trinajstić information content (AvgIpc) is 3.36. The van der Waals surface area contributed by atoms with Gasteiger partial charge in [0.2, 0.25) is 0 Å². The fourth-order valence-electron chi connectivity index (χ4n) is 3.97. The first-order valence-electron chi connectivity index (χ1n) is 9.41. The van der Waals surface area contributed by atoms with Gasteiger partial charge >= 0.3 is 0 Å². The summed E-state index contributed by atoms with van der Waals surface area (Å²) in [5.74, 6) is 0. The van der Waals surface area contributed by atoms with Crippen LogP contribution < -0.4 is 0 Å². The van der Waals surface area contributed by atoms with Crippen molar-refractivity contribution in [3.63, 3.8) is 0 Å². The van der Waals surface area contributed by atoms with Gasteiger partial charge in [-0.25, -0.2) is 9.50 Å². The van der Waals surface area contributed by atoms with Gasteiger partial charge in [0, 0.05) is 36.3 Å². The van der Waals surface area contributed by atoms with Crippen molar-refractivity contribution in [1.29, 1.82) is 0 Å². The Kier molecular flexibility index (Phi) is 4.14. The Labute approximate surface area is 158 Å². The van der Waals surface area contributed by atoms with E-state index < -0.39 is 0 Å². The van der Waals surface area contributed by atoms with Crippen LogP contribution >= 0.6 is 0 Å². The Bertz CT molecular complexity index is 1040. The molecule has 1 atom stereocenters. The zero-order valence-electron chi connectivity index (χ0n) is 15.1. The highest BCUT2D eigenvalue weighted by Gasteiger charge is 2.27. The number of fused-ring (bicyclic) bond motifs is 1. The average molecular weight is 355 g/mol. The molecule has 0 spiro atoms. The molecule has 1 aromatic carbocycles. The number of nitrogens with zero attached hydrogens (tertiary/aromatic N) is 5. The van der Waals surface area contributed by atoms with Gasteiger partial charge in [0.05, 0.1) is 17.9 Å². The summed E-state index contributed by atoms with van der Waals surface area (Å²) in [6.45, 7) is 1.96. The van der Waals surface area contributed by atoms with E-state index in [-0.39, 0.29) is 0 Å². The van der Waals surface area contributed by atoms with Crippen molar-refractivity contribution in [3.05, 3.63) is 84.6 Å². The van der Waals surface area contributed by atoms with Crippen molar-refractivity contribution in [2.45, 2.75) is 25.4 Å². The van der Waals surface area contributed by atoms with Crippen molar-refractivity contribution in [3.8, 4) is 11.1 Å². The van der Waals surface area contributed by atoms with Crippen LogP contribution in [0.3, 0.4) is 0 Å². The normalized spacial score (nSPS) is 17.6. The molecule has 134 valence electrons. The van der Waals surface area contributed by atoms with E-state index in [1.807, 2.05) is 47.4 Å². The number of aromatic nitrogens is 4. The van der Waals surface area contributed by atoms with Gasteiger partial charge in [0.15, 0.2) is 5.65 Å². The number of likely N-dealkylation sites (tertiary alicyclic amines) is 1. The second kappa shape index (κ2) is 6.93. The largest absolute Gasteiger partial charge is 0.290 e. The van der Waals surface area contributed by atoms with E-state index in [2.05, 4.69) is 45.4 Å². The Morgan fingerprint density at radius 1 is 0.963 bits per heavy atom. The smallest absolute Gasteiger partial charge is 0.162 e. The number of hydrogen-bond donors (Lipinski definition) is 0. The summed E-state index contributed by atoms with van der Waals surface area (Å²) in [5, 5.41) is 4.53. The summed E-state index contributed by atoms with van der Waals surface area (Å²) in [5.41, 5.74) is 5.44. The summed E-state index contributed by atoms with van der Waals surface area (Å²) < 4.78 is 1.89. The van der Waals surface area contributed by atoms with Crippen LogP contribution in [-0.4, -0.2) is 31.0 Å². The van der Waals surface area contributed by atoms with E-state index in [0.29, 0.717) is 6.04 Å². The maximum Gasteiger partial charge on any atom is 0.162 e. The van der Waals surface area contributed by atoms with Crippen LogP contribution in [0.25, 0.3) is 16.8 Å². The van der Waals surface area contributed by atoms with Gasteiger partial charge in [-0.3, -0.25) is 9.88 Å². The van der Waals surface area contributed by atoms with E-state index in [0.717, 1.165) is 42.0 Å². The lowest BCUT2D eigenvalue weighted by molar-refractivity contribution is 0.244. The first-order chi connectivity index (χ1) is 13.4. The molecule has 0 bridgehead atoms. The lowest BCUT2D eigenvalue weighted by Crippen LogP contribution is -2.23. The highest BCUT2D eigenvalue weighted by Crippen LogP contribution is 2.32. The van der Waals surface area contributed by atoms with Crippen LogP contribution in [0.5, 0.6) is 0 Å². The Morgan fingerprint density at radius 3 is 2.70 bits per heavy atom. The quantitative estimate of drug-likeness (QED) is 0.552. The number of pyridine rings is 1. The minimum Gasteiger partial charge on any atom is -0.290 e. The summed E-state index contributed by atoms with van der Waals surface area (Å²) in [4.78, 5) is 11.8. The maximum atomic E-state index is 4.72. The third-order valence-corrected chi connectivity index (χ3v) is 5.27. The zero-order chi connectivity index (χ0) is 18.1. The van der Waals surface area contributed by atoms with Crippen molar-refractivity contribution in [2.75, 3.05) is 6.54 Å². The molecule has 1 aliphatic heterocycles. The molecule has 4 heterocycles. The van der Waals surface area contributed by atoms with Gasteiger partial charge in [-0.2, -0.15) is 5.10 Å². The maximum absolute atomic E-state index is 4.72. The van der Waals surface area contributed by atoms with Crippen LogP contribution in [0.1, 0.15) is 30.1 Å². The summed E-state index contributed by atoms with van der Waals surface area (Å²) >= 11 is 0. The fourth-order valence-corrected chi connectivity index (χ4v) is 3.97. The molecule has 1 aliphatic rings. The van der Waals surface area contributed by atoms with Crippen LogP contribution in [-0.2, 0) is 6.54 Å². The molecule has 1 fully saturated rings. The molecule has 0 N–H and O–H groups in total. The predicted octanol–water partition coefficient (Wildman–Crippen LogP) is 4.13. The molecule has 27 heavy (non-hydrogen) atoms. The molecule has 5 rings (SSSR count). The van der Waals surface area contributed by atoms with Gasteiger partial charge in [0.1, 0.15) is 0 Å². The minimum atomic E-state index is 0.388. The van der Waals surface area contributed by atoms with E-state index in [1.54, 1.807) is 0 Å². The molecule has 0 saturated carbocycles. The van der Waals surface area contributed by atoms with Gasteiger partial charge in [-0.05, 0) is 37.1 Å². The van der Waals surface area contributed by atoms with Gasteiger partial charge in [-0.1, -0.05) is 36.4 Å². The third kappa shape index (κ3) is 3.11. The highest BCUT2D eigenvalue weighted by molar-refractivity contribution is 5.76. The second-order valence-corrected chi connectivity index (χ2v) is 7.04. The van der Waals surface area contributed by atoms with Crippen molar-refractivity contribution in [1.82, 2.24) is 24.5 Å². The molecule has 0 aliphatic carbocycles. The highest BCUT2D eigenvalue weighted by atomic mass is 15.2. The van der Waals surface area contributed by atoms with E-state index in [9.17, 15) is 0 Å². The minimum absolute atomic E-state index is 0.388. The SMILES string of the molecule is c1ccc(-c2cnn3cc(CN4CCCC4c4ccccn4)cnc23)cc1. The lowest BCUT2D eigenvalue weighted by Gasteiger charge is -2.23. The molecule has 5 heteroatoms. The molecule has 0 radical (unpaired) electrons. The monoisotopic (exact) mass is 355 g/mol. The third-order valence-electron chi connectivity index (χ3n) is 5.27. The summed E-state index contributed by atoms with van der Waals surface area (Å²) in [7, 11) is 0. The first kappa shape index (κ1) is 16.1. The Morgan fingerprint density at radius 2 is 1.85 bits per heavy atom. The van der Waals surface area contributed by atoms with Crippen LogP contribution in [0, 0.1) is 0 Å². The lowest BCUT2D eigenvalue weighted by atomic mass is 10.1. The summed E-state index contributed by atoms with van der Waals surface area (Å²) in [6.07, 6.45) is 10.2. The number of hydrogen-bond acceptors (Lipinski definition) is 4. The molecule has 1 saturated heterocycles. The van der Waals surface area contributed by atoms with Gasteiger partial charge in [-0.15, -0.1) is 0 Å². The summed E-state index contributed by atoms with van der Waals surface area (Å²) in [6, 6.07) is 16.8. The molecular weight excluding hydrogens is 334 g/mol. The molecule has 0 amide bonds. The Hall–Kier alpha value is -3.05. The van der Waals surface area contributed by atoms with Crippen LogP contribution in [0.4, 0.5) is 0 Å². The zero-order valence-corrected chi connectivity index (χ0v) is 15.1. The van der Waals surface area contributed by atoms with Crippen molar-refractivity contribution < 1.29 is 0 Å². The molecule has 5 nitrogen and oxygen atoms in total. The first-order valence-corrected chi connectivity index (χ1v) is 9.41. The fraction of sp³-hybridized carbons (Fsp3) is 0.227. The van der Waals surface area contributed by atoms with Crippen molar-refractivity contribution in [2.24, 2.45) is 0 Å². The Balaban J connectivity index is 1.41.